The van der Waals surface area contributed by atoms with Crippen molar-refractivity contribution in [1.82, 2.24) is 4.90 Å². The summed E-state index contributed by atoms with van der Waals surface area (Å²) in [6, 6.07) is 21.9. The van der Waals surface area contributed by atoms with Gasteiger partial charge in [-0.1, -0.05) is 30.3 Å². The molecule has 1 saturated heterocycles. The Bertz CT molecular complexity index is 1300. The number of ether oxygens (including phenoxy) is 2. The number of carbonyl (C=O) groups is 1. The van der Waals surface area contributed by atoms with Gasteiger partial charge in [0, 0.05) is 31.9 Å². The Morgan fingerprint density at radius 1 is 1.05 bits per heavy atom. The van der Waals surface area contributed by atoms with Gasteiger partial charge in [-0.3, -0.25) is 4.79 Å². The van der Waals surface area contributed by atoms with Gasteiger partial charge in [0.2, 0.25) is 0 Å². The first kappa shape index (κ1) is 26.5. The molecule has 8 heteroatoms. The zero-order valence-corrected chi connectivity index (χ0v) is 22.7. The Hall–Kier alpha value is -3.58. The van der Waals surface area contributed by atoms with Crippen LogP contribution in [0, 0.1) is 20.7 Å². The molecule has 37 heavy (non-hydrogen) atoms. The summed E-state index contributed by atoms with van der Waals surface area (Å²) in [5.74, 6) is 0.500. The molecule has 6 nitrogen and oxygen atoms in total. The van der Waals surface area contributed by atoms with E-state index in [1.807, 2.05) is 31.2 Å². The molecule has 4 rings (SSSR count). The molecule has 0 unspecified atom stereocenters. The number of piperazine rings is 1. The molecule has 0 aliphatic carbocycles. The summed E-state index contributed by atoms with van der Waals surface area (Å²) in [6.07, 6.45) is 1.60. The van der Waals surface area contributed by atoms with Crippen molar-refractivity contribution in [2.24, 2.45) is 0 Å². The van der Waals surface area contributed by atoms with Gasteiger partial charge in [-0.15, -0.1) is 0 Å². The number of nitriles is 1. The topological polar surface area (TPSA) is 65.8 Å². The number of amides is 1. The van der Waals surface area contributed by atoms with Crippen molar-refractivity contribution in [1.29, 1.82) is 5.26 Å². The molecule has 0 spiro atoms. The lowest BCUT2D eigenvalue weighted by Gasteiger charge is -2.36. The zero-order chi connectivity index (χ0) is 26.2. The Balaban J connectivity index is 1.48. The lowest BCUT2D eigenvalue weighted by molar-refractivity contribution is -0.126. The Morgan fingerprint density at radius 2 is 1.76 bits per heavy atom. The van der Waals surface area contributed by atoms with Crippen molar-refractivity contribution < 1.29 is 18.7 Å². The number of para-hydroxylation sites is 1. The van der Waals surface area contributed by atoms with E-state index >= 15 is 0 Å². The summed E-state index contributed by atoms with van der Waals surface area (Å²) < 4.78 is 25.8. The molecular weight excluding hydrogens is 584 g/mol. The number of anilines is 1. The predicted molar refractivity (Wildman–Crippen MR) is 150 cm³/mol. The number of rotatable bonds is 8. The van der Waals surface area contributed by atoms with Gasteiger partial charge < -0.3 is 19.3 Å². The predicted octanol–water partition coefficient (Wildman–Crippen LogP) is 5.66. The molecule has 0 aromatic heterocycles. The van der Waals surface area contributed by atoms with Crippen molar-refractivity contribution >= 4 is 40.3 Å². The SMILES string of the molecule is CCOc1cc(/C=C(/C#N)C(=O)N2CCN(c3ccccc3)CC2)cc(I)c1OCc1ccc(F)cc1. The molecule has 1 heterocycles. The van der Waals surface area contributed by atoms with Crippen LogP contribution in [0.2, 0.25) is 0 Å². The van der Waals surface area contributed by atoms with E-state index in [4.69, 9.17) is 9.47 Å². The lowest BCUT2D eigenvalue weighted by Crippen LogP contribution is -2.49. The van der Waals surface area contributed by atoms with Gasteiger partial charge in [0.25, 0.3) is 5.91 Å². The fourth-order valence-electron chi connectivity index (χ4n) is 4.10. The summed E-state index contributed by atoms with van der Waals surface area (Å²) >= 11 is 2.15. The Morgan fingerprint density at radius 3 is 2.41 bits per heavy atom. The maximum atomic E-state index is 13.2. The molecule has 0 radical (unpaired) electrons. The van der Waals surface area contributed by atoms with Crippen molar-refractivity contribution in [2.45, 2.75) is 13.5 Å². The van der Waals surface area contributed by atoms with Crippen molar-refractivity contribution in [3.8, 4) is 17.6 Å². The maximum Gasteiger partial charge on any atom is 0.264 e. The van der Waals surface area contributed by atoms with Crippen LogP contribution in [0.5, 0.6) is 11.5 Å². The molecule has 1 fully saturated rings. The van der Waals surface area contributed by atoms with Gasteiger partial charge in [0.15, 0.2) is 11.5 Å². The molecule has 1 amide bonds. The van der Waals surface area contributed by atoms with E-state index in [0.717, 1.165) is 14.8 Å². The highest BCUT2D eigenvalue weighted by Crippen LogP contribution is 2.35. The second-order valence-electron chi connectivity index (χ2n) is 8.46. The molecule has 0 N–H and O–H groups in total. The fraction of sp³-hybridized carbons (Fsp3) is 0.241. The van der Waals surface area contributed by atoms with Crippen LogP contribution in [-0.4, -0.2) is 43.6 Å². The molecule has 1 aliphatic rings. The van der Waals surface area contributed by atoms with Gasteiger partial charge in [-0.05, 0) is 83.1 Å². The van der Waals surface area contributed by atoms with Crippen LogP contribution in [0.3, 0.4) is 0 Å². The van der Waals surface area contributed by atoms with Crippen molar-refractivity contribution in [3.63, 3.8) is 0 Å². The van der Waals surface area contributed by atoms with Crippen LogP contribution in [0.15, 0.2) is 72.3 Å². The summed E-state index contributed by atoms with van der Waals surface area (Å²) in [5, 5.41) is 9.78. The number of nitrogens with zero attached hydrogens (tertiary/aromatic N) is 3. The highest BCUT2D eigenvalue weighted by Gasteiger charge is 2.24. The summed E-state index contributed by atoms with van der Waals surface area (Å²) in [4.78, 5) is 17.1. The molecule has 190 valence electrons. The van der Waals surface area contributed by atoms with Crippen LogP contribution in [0.25, 0.3) is 6.08 Å². The second kappa shape index (κ2) is 12.6. The average molecular weight is 611 g/mol. The first-order valence-corrected chi connectivity index (χ1v) is 13.1. The van der Waals surface area contributed by atoms with Gasteiger partial charge in [-0.2, -0.15) is 5.26 Å². The van der Waals surface area contributed by atoms with Gasteiger partial charge in [0.1, 0.15) is 24.1 Å². The molecule has 3 aromatic rings. The van der Waals surface area contributed by atoms with Crippen LogP contribution in [0.4, 0.5) is 10.1 Å². The summed E-state index contributed by atoms with van der Waals surface area (Å²) in [6.45, 7) is 5.06. The van der Waals surface area contributed by atoms with Crippen LogP contribution >= 0.6 is 22.6 Å². The van der Waals surface area contributed by atoms with Gasteiger partial charge >= 0.3 is 0 Å². The van der Waals surface area contributed by atoms with E-state index < -0.39 is 0 Å². The highest BCUT2D eigenvalue weighted by molar-refractivity contribution is 14.1. The van der Waals surface area contributed by atoms with Crippen molar-refractivity contribution in [2.75, 3.05) is 37.7 Å². The molecule has 0 bridgehead atoms. The minimum atomic E-state index is -0.301. The lowest BCUT2D eigenvalue weighted by atomic mass is 10.1. The van der Waals surface area contributed by atoms with E-state index in [9.17, 15) is 14.4 Å². The van der Waals surface area contributed by atoms with Crippen LogP contribution in [-0.2, 0) is 11.4 Å². The minimum absolute atomic E-state index is 0.0754. The smallest absolute Gasteiger partial charge is 0.264 e. The number of hydrogen-bond acceptors (Lipinski definition) is 5. The molecule has 3 aromatic carbocycles. The van der Waals surface area contributed by atoms with E-state index in [-0.39, 0.29) is 23.9 Å². The first-order valence-electron chi connectivity index (χ1n) is 12.0. The summed E-state index contributed by atoms with van der Waals surface area (Å²) in [5.41, 5.74) is 2.71. The number of halogens is 2. The molecule has 0 atom stereocenters. The largest absolute Gasteiger partial charge is 0.490 e. The quantitative estimate of drug-likeness (QED) is 0.187. The Labute approximate surface area is 230 Å². The molecule has 1 aliphatic heterocycles. The molecular formula is C29H27FIN3O3. The third kappa shape index (κ3) is 6.80. The fourth-order valence-corrected chi connectivity index (χ4v) is 4.88. The van der Waals surface area contributed by atoms with E-state index in [2.05, 4.69) is 45.7 Å². The normalized spacial score (nSPS) is 13.7. The highest BCUT2D eigenvalue weighted by atomic mass is 127. The van der Waals surface area contributed by atoms with E-state index in [0.29, 0.717) is 49.8 Å². The van der Waals surface area contributed by atoms with Crippen LogP contribution < -0.4 is 14.4 Å². The maximum absolute atomic E-state index is 13.2. The van der Waals surface area contributed by atoms with Gasteiger partial charge in [0.05, 0.1) is 10.2 Å². The summed E-state index contributed by atoms with van der Waals surface area (Å²) in [7, 11) is 0. The van der Waals surface area contributed by atoms with E-state index in [1.54, 1.807) is 29.2 Å². The number of carbonyl (C=O) groups excluding carboxylic acids is 1. The van der Waals surface area contributed by atoms with E-state index in [1.165, 1.54) is 12.1 Å². The minimum Gasteiger partial charge on any atom is -0.490 e. The third-order valence-corrected chi connectivity index (χ3v) is 6.78. The second-order valence-corrected chi connectivity index (χ2v) is 9.62. The average Bonchev–Trinajstić information content (AvgIpc) is 2.92. The van der Waals surface area contributed by atoms with Gasteiger partial charge in [-0.25, -0.2) is 4.39 Å². The number of benzene rings is 3. The first-order chi connectivity index (χ1) is 18.0. The van der Waals surface area contributed by atoms with Crippen molar-refractivity contribution in [3.05, 3.63) is 92.8 Å². The standard InChI is InChI=1S/C29H27FIN3O3/c1-2-36-27-18-22(17-26(31)28(27)37-20-21-8-10-24(30)11-9-21)16-23(19-32)29(35)34-14-12-33(13-15-34)25-6-4-3-5-7-25/h3-11,16-18H,2,12-15,20H2,1H3/b23-16-. The Kier molecular flexibility index (Phi) is 9.01. The molecule has 0 saturated carbocycles. The zero-order valence-electron chi connectivity index (χ0n) is 20.5. The number of hydrogen-bond donors (Lipinski definition) is 0. The third-order valence-electron chi connectivity index (χ3n) is 5.98. The van der Waals surface area contributed by atoms with Crippen LogP contribution in [0.1, 0.15) is 18.1 Å². The monoisotopic (exact) mass is 611 g/mol.